The van der Waals surface area contributed by atoms with Crippen LogP contribution in [0.15, 0.2) is 0 Å². The Morgan fingerprint density at radius 3 is 2.41 bits per heavy atom. The predicted molar refractivity (Wildman–Crippen MR) is 71.2 cm³/mol. The number of anilines is 1. The van der Waals surface area contributed by atoms with E-state index in [1.54, 1.807) is 0 Å². The Kier molecular flexibility index (Phi) is 4.14. The molecule has 0 aliphatic heterocycles. The highest BCUT2D eigenvalue weighted by Crippen LogP contribution is 2.31. The van der Waals surface area contributed by atoms with Crippen LogP contribution in [0.25, 0.3) is 0 Å². The zero-order chi connectivity index (χ0) is 13.2. The highest BCUT2D eigenvalue weighted by Gasteiger charge is 2.26. The number of carboxylic acids is 1. The van der Waals surface area contributed by atoms with Crippen molar-refractivity contribution in [3.8, 4) is 0 Å². The molecular formula is C12H20N2O2S. The first-order valence-corrected chi connectivity index (χ1v) is 6.62. The molecule has 1 heterocycles. The van der Waals surface area contributed by atoms with Gasteiger partial charge in [-0.2, -0.15) is 0 Å². The smallest absolute Gasteiger partial charge is 0.347 e. The molecule has 1 aromatic rings. The van der Waals surface area contributed by atoms with Gasteiger partial charge in [0.1, 0.15) is 4.88 Å². The Bertz CT molecular complexity index is 413. The molecule has 0 aliphatic carbocycles. The summed E-state index contributed by atoms with van der Waals surface area (Å²) in [6.07, 6.45) is 1.63. The molecule has 1 aromatic heterocycles. The van der Waals surface area contributed by atoms with E-state index >= 15 is 0 Å². The number of rotatable bonds is 5. The molecule has 4 nitrogen and oxygen atoms in total. The third-order valence-corrected chi connectivity index (χ3v) is 4.44. The molecule has 0 atom stereocenters. The summed E-state index contributed by atoms with van der Waals surface area (Å²) in [6, 6.07) is 0. The largest absolute Gasteiger partial charge is 0.477 e. The van der Waals surface area contributed by atoms with Crippen molar-refractivity contribution < 1.29 is 9.90 Å². The van der Waals surface area contributed by atoms with Gasteiger partial charge in [-0.15, -0.1) is 0 Å². The summed E-state index contributed by atoms with van der Waals surface area (Å²) in [5.41, 5.74) is 0.662. The SMILES string of the molecule is CCc1nc(N(C)C(C)(C)CC)sc1C(=O)O. The lowest BCUT2D eigenvalue weighted by Crippen LogP contribution is -2.40. The first-order chi connectivity index (χ1) is 7.83. The molecule has 0 amide bonds. The van der Waals surface area contributed by atoms with E-state index in [1.807, 2.05) is 14.0 Å². The second kappa shape index (κ2) is 5.04. The fraction of sp³-hybridized carbons (Fsp3) is 0.667. The zero-order valence-electron chi connectivity index (χ0n) is 11.1. The molecule has 0 radical (unpaired) electrons. The van der Waals surface area contributed by atoms with Crippen LogP contribution in [0, 0.1) is 0 Å². The Morgan fingerprint density at radius 2 is 2.06 bits per heavy atom. The molecule has 0 bridgehead atoms. The molecule has 17 heavy (non-hydrogen) atoms. The van der Waals surface area contributed by atoms with Crippen molar-refractivity contribution >= 4 is 22.4 Å². The summed E-state index contributed by atoms with van der Waals surface area (Å²) in [6.45, 7) is 8.29. The average Bonchev–Trinajstić information content (AvgIpc) is 2.71. The Hall–Kier alpha value is -1.10. The zero-order valence-corrected chi connectivity index (χ0v) is 11.9. The van der Waals surface area contributed by atoms with Crippen LogP contribution in [0.2, 0.25) is 0 Å². The number of thiazole rings is 1. The molecule has 0 saturated carbocycles. The van der Waals surface area contributed by atoms with E-state index in [4.69, 9.17) is 5.11 Å². The second-order valence-electron chi connectivity index (χ2n) is 4.66. The fourth-order valence-corrected chi connectivity index (χ4v) is 2.50. The van der Waals surface area contributed by atoms with Gasteiger partial charge in [0, 0.05) is 12.6 Å². The van der Waals surface area contributed by atoms with Gasteiger partial charge < -0.3 is 10.0 Å². The molecule has 96 valence electrons. The highest BCUT2D eigenvalue weighted by atomic mass is 32.1. The van der Waals surface area contributed by atoms with Crippen molar-refractivity contribution in [2.24, 2.45) is 0 Å². The van der Waals surface area contributed by atoms with Crippen LogP contribution in [0.1, 0.15) is 49.5 Å². The van der Waals surface area contributed by atoms with Crippen molar-refractivity contribution in [3.05, 3.63) is 10.6 Å². The standard InChI is InChI=1S/C12H20N2O2S/c1-6-8-9(10(15)16)17-11(13-8)14(5)12(3,4)7-2/h6-7H2,1-5H3,(H,15,16). The van der Waals surface area contributed by atoms with Gasteiger partial charge in [0.2, 0.25) is 0 Å². The Labute approximate surface area is 106 Å². The molecule has 0 aliphatic rings. The number of hydrogen-bond acceptors (Lipinski definition) is 4. The number of carbonyl (C=O) groups is 1. The quantitative estimate of drug-likeness (QED) is 0.879. The van der Waals surface area contributed by atoms with Crippen LogP contribution in [0.5, 0.6) is 0 Å². The lowest BCUT2D eigenvalue weighted by atomic mass is 10.0. The van der Waals surface area contributed by atoms with Crippen molar-refractivity contribution in [1.29, 1.82) is 0 Å². The van der Waals surface area contributed by atoms with Crippen molar-refractivity contribution in [2.45, 2.75) is 46.1 Å². The third kappa shape index (κ3) is 2.77. The number of hydrogen-bond donors (Lipinski definition) is 1. The topological polar surface area (TPSA) is 53.4 Å². The summed E-state index contributed by atoms with van der Waals surface area (Å²) in [4.78, 5) is 17.9. The third-order valence-electron chi connectivity index (χ3n) is 3.28. The molecule has 0 spiro atoms. The van der Waals surface area contributed by atoms with Crippen LogP contribution in [0.4, 0.5) is 5.13 Å². The van der Waals surface area contributed by atoms with Crippen LogP contribution in [-0.2, 0) is 6.42 Å². The Morgan fingerprint density at radius 1 is 1.47 bits per heavy atom. The van der Waals surface area contributed by atoms with Gasteiger partial charge in [0.15, 0.2) is 5.13 Å². The molecule has 0 aromatic carbocycles. The summed E-state index contributed by atoms with van der Waals surface area (Å²) in [5, 5.41) is 9.89. The lowest BCUT2D eigenvalue weighted by molar-refractivity contribution is 0.0701. The summed E-state index contributed by atoms with van der Waals surface area (Å²) in [5.74, 6) is -0.881. The minimum absolute atomic E-state index is 0.0152. The predicted octanol–water partition coefficient (Wildman–Crippen LogP) is 3.03. The van der Waals surface area contributed by atoms with E-state index in [9.17, 15) is 4.79 Å². The first kappa shape index (κ1) is 14.0. The second-order valence-corrected chi connectivity index (χ2v) is 5.63. The van der Waals surface area contributed by atoms with Crippen LogP contribution >= 0.6 is 11.3 Å². The van der Waals surface area contributed by atoms with Gasteiger partial charge in [-0.25, -0.2) is 9.78 Å². The minimum atomic E-state index is -0.881. The fourth-order valence-electron chi connectivity index (χ4n) is 1.39. The number of aromatic carboxylic acids is 1. The minimum Gasteiger partial charge on any atom is -0.477 e. The normalized spacial score (nSPS) is 11.6. The maximum atomic E-state index is 11.1. The van der Waals surface area contributed by atoms with Crippen molar-refractivity contribution in [1.82, 2.24) is 4.98 Å². The molecular weight excluding hydrogens is 236 g/mol. The molecule has 5 heteroatoms. The van der Waals surface area contributed by atoms with Crippen LogP contribution in [-0.4, -0.2) is 28.6 Å². The monoisotopic (exact) mass is 256 g/mol. The molecule has 1 rings (SSSR count). The maximum absolute atomic E-state index is 11.1. The maximum Gasteiger partial charge on any atom is 0.347 e. The summed E-state index contributed by atoms with van der Waals surface area (Å²) < 4.78 is 0. The summed E-state index contributed by atoms with van der Waals surface area (Å²) in [7, 11) is 1.97. The van der Waals surface area contributed by atoms with E-state index < -0.39 is 5.97 Å². The molecule has 1 N–H and O–H groups in total. The van der Waals surface area contributed by atoms with Crippen molar-refractivity contribution in [2.75, 3.05) is 11.9 Å². The van der Waals surface area contributed by atoms with E-state index in [2.05, 4.69) is 30.7 Å². The van der Waals surface area contributed by atoms with Crippen LogP contribution < -0.4 is 4.90 Å². The molecule has 0 unspecified atom stereocenters. The van der Waals surface area contributed by atoms with Crippen molar-refractivity contribution in [3.63, 3.8) is 0 Å². The van der Waals surface area contributed by atoms with Gasteiger partial charge in [-0.1, -0.05) is 25.2 Å². The van der Waals surface area contributed by atoms with E-state index in [-0.39, 0.29) is 5.54 Å². The molecule has 0 fully saturated rings. The van der Waals surface area contributed by atoms with Gasteiger partial charge in [-0.3, -0.25) is 0 Å². The van der Waals surface area contributed by atoms with Gasteiger partial charge >= 0.3 is 5.97 Å². The first-order valence-electron chi connectivity index (χ1n) is 5.80. The number of aromatic nitrogens is 1. The van der Waals surface area contributed by atoms with Gasteiger partial charge in [0.05, 0.1) is 5.69 Å². The van der Waals surface area contributed by atoms with E-state index in [0.29, 0.717) is 17.0 Å². The average molecular weight is 256 g/mol. The van der Waals surface area contributed by atoms with E-state index in [0.717, 1.165) is 11.6 Å². The van der Waals surface area contributed by atoms with Gasteiger partial charge in [-0.05, 0) is 26.7 Å². The van der Waals surface area contributed by atoms with Crippen LogP contribution in [0.3, 0.4) is 0 Å². The molecule has 0 saturated heterocycles. The lowest BCUT2D eigenvalue weighted by Gasteiger charge is -2.34. The number of aryl methyl sites for hydroxylation is 1. The highest BCUT2D eigenvalue weighted by molar-refractivity contribution is 7.17. The van der Waals surface area contributed by atoms with E-state index in [1.165, 1.54) is 11.3 Å². The number of carboxylic acid groups (broad SMARTS) is 1. The Balaban J connectivity index is 3.12. The summed E-state index contributed by atoms with van der Waals surface area (Å²) >= 11 is 1.26. The van der Waals surface area contributed by atoms with Gasteiger partial charge in [0.25, 0.3) is 0 Å². The number of nitrogens with zero attached hydrogens (tertiary/aromatic N) is 2.